The maximum Gasteiger partial charge on any atom is 0.306 e. The van der Waals surface area contributed by atoms with E-state index in [0.29, 0.717) is 19.3 Å². The first-order chi connectivity index (χ1) is 28.0. The molecule has 0 spiro atoms. The summed E-state index contributed by atoms with van der Waals surface area (Å²) in [6.07, 6.45) is 51.5. The highest BCUT2D eigenvalue weighted by atomic mass is 16.6. The molecule has 0 rings (SSSR count). The lowest BCUT2D eigenvalue weighted by atomic mass is 10.0. The summed E-state index contributed by atoms with van der Waals surface area (Å²) in [5.41, 5.74) is 0. The molecule has 334 valence electrons. The van der Waals surface area contributed by atoms with Crippen LogP contribution < -0.4 is 0 Å². The number of allylic oxidation sites excluding steroid dienone is 4. The summed E-state index contributed by atoms with van der Waals surface area (Å²) in [5, 5.41) is 0. The minimum atomic E-state index is -0.769. The van der Waals surface area contributed by atoms with Crippen LogP contribution in [0.4, 0.5) is 0 Å². The second kappa shape index (κ2) is 46.6. The van der Waals surface area contributed by atoms with Gasteiger partial charge in [0.2, 0.25) is 0 Å². The SMILES string of the molecule is CCCC/C=C\C/C=C\CCCCCCCC(=O)OC[C@@H](COC(=O)CCCCCCCCCCCCCC)OC(=O)CCCCCCCCCCCCCCC. The molecule has 0 aliphatic carbocycles. The van der Waals surface area contributed by atoms with E-state index in [9.17, 15) is 14.4 Å². The molecule has 0 bridgehead atoms. The Balaban J connectivity index is 4.36. The first-order valence-electron chi connectivity index (χ1n) is 24.8. The molecule has 0 aromatic rings. The molecule has 0 unspecified atom stereocenters. The van der Waals surface area contributed by atoms with Crippen LogP contribution in [0.15, 0.2) is 24.3 Å². The predicted molar refractivity (Wildman–Crippen MR) is 243 cm³/mol. The molecule has 0 aliphatic heterocycles. The van der Waals surface area contributed by atoms with Crippen LogP contribution in [0.3, 0.4) is 0 Å². The highest BCUT2D eigenvalue weighted by Gasteiger charge is 2.19. The van der Waals surface area contributed by atoms with E-state index in [1.807, 2.05) is 0 Å². The monoisotopic (exact) mass is 803 g/mol. The standard InChI is InChI=1S/C51H94O6/c1-4-7-10-13-16-19-22-25-27-29-32-35-38-41-44-50(53)56-47-48(46-55-49(52)43-40-37-34-31-28-24-21-18-15-12-9-6-3)57-51(54)45-42-39-36-33-30-26-23-20-17-14-11-8-5-2/h13,16,22,25,48H,4-12,14-15,17-21,23-24,26-47H2,1-3H3/b16-13-,25-22-/t48-/m1/s1. The minimum absolute atomic E-state index is 0.0711. The number of carbonyl (C=O) groups is 3. The summed E-state index contributed by atoms with van der Waals surface area (Å²) in [4.78, 5) is 37.8. The molecule has 6 nitrogen and oxygen atoms in total. The van der Waals surface area contributed by atoms with Crippen LogP contribution in [-0.2, 0) is 28.6 Å². The van der Waals surface area contributed by atoms with Crippen molar-refractivity contribution in [1.82, 2.24) is 0 Å². The van der Waals surface area contributed by atoms with E-state index < -0.39 is 6.10 Å². The number of hydrogen-bond donors (Lipinski definition) is 0. The number of carbonyl (C=O) groups excluding carboxylic acids is 3. The Kier molecular flexibility index (Phi) is 44.9. The fourth-order valence-corrected chi connectivity index (χ4v) is 7.17. The van der Waals surface area contributed by atoms with Gasteiger partial charge in [-0.3, -0.25) is 14.4 Å². The van der Waals surface area contributed by atoms with Crippen LogP contribution in [0.25, 0.3) is 0 Å². The van der Waals surface area contributed by atoms with Gasteiger partial charge in [0, 0.05) is 19.3 Å². The maximum atomic E-state index is 12.8. The van der Waals surface area contributed by atoms with E-state index in [1.165, 1.54) is 148 Å². The number of unbranched alkanes of at least 4 members (excludes halogenated alkanes) is 30. The van der Waals surface area contributed by atoms with Crippen LogP contribution in [0.1, 0.15) is 265 Å². The molecular weight excluding hydrogens is 709 g/mol. The Bertz CT molecular complexity index is 927. The highest BCUT2D eigenvalue weighted by Crippen LogP contribution is 2.16. The van der Waals surface area contributed by atoms with Crippen molar-refractivity contribution in [3.05, 3.63) is 24.3 Å². The Morgan fingerprint density at radius 2 is 0.649 bits per heavy atom. The van der Waals surface area contributed by atoms with Crippen molar-refractivity contribution in [3.8, 4) is 0 Å². The normalized spacial score (nSPS) is 12.1. The zero-order chi connectivity index (χ0) is 41.5. The van der Waals surface area contributed by atoms with Crippen LogP contribution in [0.2, 0.25) is 0 Å². The molecule has 0 saturated heterocycles. The third kappa shape index (κ3) is 44.8. The second-order valence-corrected chi connectivity index (χ2v) is 16.7. The lowest BCUT2D eigenvalue weighted by Gasteiger charge is -2.18. The molecule has 6 heteroatoms. The number of hydrogen-bond acceptors (Lipinski definition) is 6. The second-order valence-electron chi connectivity index (χ2n) is 16.7. The third-order valence-corrected chi connectivity index (χ3v) is 11.0. The van der Waals surface area contributed by atoms with Gasteiger partial charge in [0.05, 0.1) is 0 Å². The molecule has 1 atom stereocenters. The summed E-state index contributed by atoms with van der Waals surface area (Å²) in [6, 6.07) is 0. The van der Waals surface area contributed by atoms with Crippen LogP contribution in [-0.4, -0.2) is 37.2 Å². The topological polar surface area (TPSA) is 78.9 Å². The molecule has 57 heavy (non-hydrogen) atoms. The molecule has 0 N–H and O–H groups in total. The van der Waals surface area contributed by atoms with Gasteiger partial charge in [-0.1, -0.05) is 225 Å². The highest BCUT2D eigenvalue weighted by molar-refractivity contribution is 5.71. The van der Waals surface area contributed by atoms with E-state index in [2.05, 4.69) is 45.1 Å². The molecule has 0 heterocycles. The lowest BCUT2D eigenvalue weighted by molar-refractivity contribution is -0.167. The Morgan fingerprint density at radius 3 is 1.02 bits per heavy atom. The number of esters is 3. The first-order valence-corrected chi connectivity index (χ1v) is 24.8. The maximum absolute atomic E-state index is 12.8. The zero-order valence-electron chi connectivity index (χ0n) is 38.1. The molecule has 0 radical (unpaired) electrons. The number of ether oxygens (including phenoxy) is 3. The van der Waals surface area contributed by atoms with Crippen molar-refractivity contribution in [2.24, 2.45) is 0 Å². The Labute approximate surface area is 353 Å². The van der Waals surface area contributed by atoms with Gasteiger partial charge < -0.3 is 14.2 Å². The van der Waals surface area contributed by atoms with Gasteiger partial charge in [0.25, 0.3) is 0 Å². The van der Waals surface area contributed by atoms with Crippen molar-refractivity contribution in [1.29, 1.82) is 0 Å². The van der Waals surface area contributed by atoms with E-state index in [0.717, 1.165) is 77.0 Å². The largest absolute Gasteiger partial charge is 0.462 e. The van der Waals surface area contributed by atoms with Gasteiger partial charge in [0.15, 0.2) is 6.10 Å². The lowest BCUT2D eigenvalue weighted by Crippen LogP contribution is -2.30. The molecule has 0 saturated carbocycles. The van der Waals surface area contributed by atoms with Crippen LogP contribution >= 0.6 is 0 Å². The summed E-state index contributed by atoms with van der Waals surface area (Å²) < 4.78 is 16.8. The molecule has 0 aromatic carbocycles. The molecule has 0 amide bonds. The smallest absolute Gasteiger partial charge is 0.306 e. The van der Waals surface area contributed by atoms with E-state index in [4.69, 9.17) is 14.2 Å². The Hall–Kier alpha value is -2.11. The summed E-state index contributed by atoms with van der Waals surface area (Å²) in [6.45, 7) is 6.60. The predicted octanol–water partition coefficient (Wildman–Crippen LogP) is 16.0. The zero-order valence-corrected chi connectivity index (χ0v) is 38.1. The van der Waals surface area contributed by atoms with Crippen molar-refractivity contribution in [3.63, 3.8) is 0 Å². The van der Waals surface area contributed by atoms with Gasteiger partial charge in [-0.2, -0.15) is 0 Å². The van der Waals surface area contributed by atoms with Gasteiger partial charge in [-0.05, 0) is 44.9 Å². The van der Waals surface area contributed by atoms with Crippen molar-refractivity contribution in [2.75, 3.05) is 13.2 Å². The quantitative estimate of drug-likeness (QED) is 0.0264. The fraction of sp³-hybridized carbons (Fsp3) is 0.863. The average Bonchev–Trinajstić information content (AvgIpc) is 3.21. The first kappa shape index (κ1) is 54.9. The van der Waals surface area contributed by atoms with Crippen molar-refractivity contribution in [2.45, 2.75) is 271 Å². The van der Waals surface area contributed by atoms with Gasteiger partial charge >= 0.3 is 17.9 Å². The number of rotatable bonds is 45. The minimum Gasteiger partial charge on any atom is -0.462 e. The average molecular weight is 803 g/mol. The molecule has 0 aliphatic rings. The van der Waals surface area contributed by atoms with Crippen molar-refractivity contribution >= 4 is 17.9 Å². The van der Waals surface area contributed by atoms with Gasteiger partial charge in [-0.25, -0.2) is 0 Å². The van der Waals surface area contributed by atoms with Crippen LogP contribution in [0, 0.1) is 0 Å². The van der Waals surface area contributed by atoms with E-state index in [1.54, 1.807) is 0 Å². The summed E-state index contributed by atoms with van der Waals surface area (Å²) in [5.74, 6) is -0.875. The molecular formula is C51H94O6. The summed E-state index contributed by atoms with van der Waals surface area (Å²) >= 11 is 0. The van der Waals surface area contributed by atoms with Crippen LogP contribution in [0.5, 0.6) is 0 Å². The summed E-state index contributed by atoms with van der Waals surface area (Å²) in [7, 11) is 0. The van der Waals surface area contributed by atoms with E-state index in [-0.39, 0.29) is 31.1 Å². The van der Waals surface area contributed by atoms with Gasteiger partial charge in [0.1, 0.15) is 13.2 Å². The molecule has 0 fully saturated rings. The fourth-order valence-electron chi connectivity index (χ4n) is 7.17. The Morgan fingerprint density at radius 1 is 0.351 bits per heavy atom. The molecule has 0 aromatic heterocycles. The third-order valence-electron chi connectivity index (χ3n) is 11.0. The van der Waals surface area contributed by atoms with E-state index >= 15 is 0 Å². The van der Waals surface area contributed by atoms with Crippen molar-refractivity contribution < 1.29 is 28.6 Å². The van der Waals surface area contributed by atoms with Gasteiger partial charge in [-0.15, -0.1) is 0 Å².